The Balaban J connectivity index is 1.44. The number of carbonyl (C=O) groups excluding carboxylic acids is 1. The number of nitrogens with zero attached hydrogens (tertiary/aromatic N) is 4. The Bertz CT molecular complexity index is 895. The molecule has 1 fully saturated rings. The van der Waals surface area contributed by atoms with Crippen LogP contribution in [0.15, 0.2) is 72.9 Å². The maximum absolute atomic E-state index is 12.1. The Hall–Kier alpha value is -2.96. The van der Waals surface area contributed by atoms with Gasteiger partial charge in [0.05, 0.1) is 19.3 Å². The van der Waals surface area contributed by atoms with E-state index in [1.807, 2.05) is 6.92 Å². The number of esters is 1. The van der Waals surface area contributed by atoms with Crippen molar-refractivity contribution >= 4 is 5.97 Å². The predicted octanol–water partition coefficient (Wildman–Crippen LogP) is 3.42. The zero-order chi connectivity index (χ0) is 20.8. The number of ether oxygens (including phenoxy) is 1. The van der Waals surface area contributed by atoms with Crippen molar-refractivity contribution in [3.05, 3.63) is 89.7 Å². The summed E-state index contributed by atoms with van der Waals surface area (Å²) in [4.78, 5) is 17.0. The summed E-state index contributed by atoms with van der Waals surface area (Å²) < 4.78 is 6.87. The van der Waals surface area contributed by atoms with Crippen LogP contribution < -0.4 is 0 Å². The lowest BCUT2D eigenvalue weighted by molar-refractivity contribution is 0.0490. The minimum atomic E-state index is -0.318. The first-order valence-corrected chi connectivity index (χ1v) is 10.5. The van der Waals surface area contributed by atoms with Gasteiger partial charge in [-0.2, -0.15) is 5.10 Å². The van der Waals surface area contributed by atoms with Gasteiger partial charge in [0.25, 0.3) is 0 Å². The molecule has 1 saturated heterocycles. The van der Waals surface area contributed by atoms with Crippen LogP contribution in [0.1, 0.15) is 34.6 Å². The lowest BCUT2D eigenvalue weighted by atomic mass is 9.96. The molecule has 1 aliphatic heterocycles. The summed E-state index contributed by atoms with van der Waals surface area (Å²) in [6.45, 7) is 6.50. The van der Waals surface area contributed by atoms with Crippen molar-refractivity contribution in [3.63, 3.8) is 0 Å². The molecule has 0 amide bonds. The van der Waals surface area contributed by atoms with Crippen molar-refractivity contribution in [2.24, 2.45) is 0 Å². The second-order valence-corrected chi connectivity index (χ2v) is 7.46. The Morgan fingerprint density at radius 1 is 0.933 bits per heavy atom. The average molecular weight is 405 g/mol. The van der Waals surface area contributed by atoms with Crippen molar-refractivity contribution in [3.8, 4) is 0 Å². The molecule has 6 heteroatoms. The number of piperazine rings is 1. The number of hydrogen-bond donors (Lipinski definition) is 0. The van der Waals surface area contributed by atoms with E-state index >= 15 is 0 Å². The summed E-state index contributed by atoms with van der Waals surface area (Å²) in [5.74, 6) is -0.318. The van der Waals surface area contributed by atoms with Crippen molar-refractivity contribution in [2.45, 2.75) is 19.6 Å². The normalized spacial score (nSPS) is 15.4. The van der Waals surface area contributed by atoms with E-state index in [0.717, 1.165) is 26.2 Å². The first-order valence-electron chi connectivity index (χ1n) is 10.5. The second-order valence-electron chi connectivity index (χ2n) is 7.46. The smallest absolute Gasteiger partial charge is 0.356 e. The van der Waals surface area contributed by atoms with E-state index in [2.05, 4.69) is 75.6 Å². The van der Waals surface area contributed by atoms with Crippen LogP contribution in [0.3, 0.4) is 0 Å². The summed E-state index contributed by atoms with van der Waals surface area (Å²) in [7, 11) is 0. The number of aromatic nitrogens is 2. The van der Waals surface area contributed by atoms with Gasteiger partial charge in [0.15, 0.2) is 0 Å². The molecule has 0 aliphatic carbocycles. The first-order chi connectivity index (χ1) is 14.8. The fourth-order valence-electron chi connectivity index (χ4n) is 4.06. The van der Waals surface area contributed by atoms with Gasteiger partial charge in [0.2, 0.25) is 0 Å². The third-order valence-corrected chi connectivity index (χ3v) is 5.54. The summed E-state index contributed by atoms with van der Waals surface area (Å²) in [5, 5.41) is 4.32. The molecule has 4 rings (SSSR count). The fraction of sp³-hybridized carbons (Fsp3) is 0.333. The van der Waals surface area contributed by atoms with E-state index in [4.69, 9.17) is 4.74 Å². The maximum Gasteiger partial charge on any atom is 0.356 e. The number of carbonyl (C=O) groups is 1. The maximum atomic E-state index is 12.1. The third kappa shape index (κ3) is 4.61. The Morgan fingerprint density at radius 3 is 2.10 bits per heavy atom. The van der Waals surface area contributed by atoms with Gasteiger partial charge in [-0.1, -0.05) is 60.7 Å². The van der Waals surface area contributed by atoms with Gasteiger partial charge in [-0.05, 0) is 24.1 Å². The molecule has 3 aromatic rings. The monoisotopic (exact) mass is 404 g/mol. The van der Waals surface area contributed by atoms with Crippen molar-refractivity contribution in [2.75, 3.05) is 32.8 Å². The summed E-state index contributed by atoms with van der Waals surface area (Å²) in [6, 6.07) is 23.4. The molecule has 0 atom stereocenters. The minimum Gasteiger partial charge on any atom is -0.461 e. The van der Waals surface area contributed by atoms with Crippen LogP contribution in [0.5, 0.6) is 0 Å². The molecular weight excluding hydrogens is 376 g/mol. The summed E-state index contributed by atoms with van der Waals surface area (Å²) in [5.41, 5.74) is 3.13. The molecule has 0 spiro atoms. The Labute approximate surface area is 177 Å². The van der Waals surface area contributed by atoms with Crippen molar-refractivity contribution in [1.82, 2.24) is 19.6 Å². The van der Waals surface area contributed by atoms with Gasteiger partial charge in [0, 0.05) is 32.4 Å². The van der Waals surface area contributed by atoms with E-state index in [1.165, 1.54) is 11.1 Å². The summed E-state index contributed by atoms with van der Waals surface area (Å²) >= 11 is 0. The SMILES string of the molecule is CCOC(=O)c1ccnn1CN1CCN(C(c2ccccc2)c2ccccc2)CC1. The topological polar surface area (TPSA) is 50.6 Å². The molecule has 30 heavy (non-hydrogen) atoms. The van der Waals surface area contributed by atoms with Crippen LogP contribution in [-0.4, -0.2) is 58.3 Å². The van der Waals surface area contributed by atoms with Gasteiger partial charge in [-0.25, -0.2) is 9.48 Å². The molecular formula is C24H28N4O2. The van der Waals surface area contributed by atoms with Crippen molar-refractivity contribution in [1.29, 1.82) is 0 Å². The van der Waals surface area contributed by atoms with E-state index in [1.54, 1.807) is 16.9 Å². The molecule has 0 N–H and O–H groups in total. The predicted molar refractivity (Wildman–Crippen MR) is 116 cm³/mol. The highest BCUT2D eigenvalue weighted by molar-refractivity contribution is 5.87. The standard InChI is InChI=1S/C24H28N4O2/c1-2-30-24(29)22-13-14-25-28(22)19-26-15-17-27(18-16-26)23(20-9-5-3-6-10-20)21-11-7-4-8-12-21/h3-14,23H,2,15-19H2,1H3. The molecule has 0 unspecified atom stereocenters. The van der Waals surface area contributed by atoms with E-state index in [-0.39, 0.29) is 12.0 Å². The van der Waals surface area contributed by atoms with Crippen LogP contribution in [0, 0.1) is 0 Å². The second kappa shape index (κ2) is 9.69. The molecule has 156 valence electrons. The highest BCUT2D eigenvalue weighted by atomic mass is 16.5. The van der Waals surface area contributed by atoms with Gasteiger partial charge in [-0.3, -0.25) is 9.80 Å². The summed E-state index contributed by atoms with van der Waals surface area (Å²) in [6.07, 6.45) is 1.66. The molecule has 6 nitrogen and oxygen atoms in total. The number of benzene rings is 2. The van der Waals surface area contributed by atoms with Crippen LogP contribution in [-0.2, 0) is 11.4 Å². The van der Waals surface area contributed by atoms with Crippen LogP contribution in [0.25, 0.3) is 0 Å². The zero-order valence-corrected chi connectivity index (χ0v) is 17.4. The quantitative estimate of drug-likeness (QED) is 0.565. The largest absolute Gasteiger partial charge is 0.461 e. The Kier molecular flexibility index (Phi) is 6.57. The molecule has 0 saturated carbocycles. The van der Waals surface area contributed by atoms with E-state index in [0.29, 0.717) is 19.0 Å². The lowest BCUT2D eigenvalue weighted by Crippen LogP contribution is -2.48. The highest BCUT2D eigenvalue weighted by Gasteiger charge is 2.27. The lowest BCUT2D eigenvalue weighted by Gasteiger charge is -2.39. The van der Waals surface area contributed by atoms with Crippen LogP contribution in [0.2, 0.25) is 0 Å². The zero-order valence-electron chi connectivity index (χ0n) is 17.4. The van der Waals surface area contributed by atoms with Gasteiger partial charge < -0.3 is 4.74 Å². The highest BCUT2D eigenvalue weighted by Crippen LogP contribution is 2.29. The van der Waals surface area contributed by atoms with Gasteiger partial charge >= 0.3 is 5.97 Å². The number of rotatable bonds is 7. The molecule has 0 bridgehead atoms. The van der Waals surface area contributed by atoms with E-state index < -0.39 is 0 Å². The third-order valence-electron chi connectivity index (χ3n) is 5.54. The molecule has 2 heterocycles. The van der Waals surface area contributed by atoms with Crippen molar-refractivity contribution < 1.29 is 9.53 Å². The molecule has 2 aromatic carbocycles. The van der Waals surface area contributed by atoms with Gasteiger partial charge in [-0.15, -0.1) is 0 Å². The Morgan fingerprint density at radius 2 is 1.53 bits per heavy atom. The molecule has 1 aliphatic rings. The first kappa shape index (κ1) is 20.3. The molecule has 0 radical (unpaired) electrons. The van der Waals surface area contributed by atoms with E-state index in [9.17, 15) is 4.79 Å². The molecule has 1 aromatic heterocycles. The average Bonchev–Trinajstić information content (AvgIpc) is 3.25. The van der Waals surface area contributed by atoms with Crippen LogP contribution >= 0.6 is 0 Å². The fourth-order valence-corrected chi connectivity index (χ4v) is 4.06. The number of hydrogen-bond acceptors (Lipinski definition) is 5. The van der Waals surface area contributed by atoms with Crippen LogP contribution in [0.4, 0.5) is 0 Å². The van der Waals surface area contributed by atoms with Gasteiger partial charge in [0.1, 0.15) is 5.69 Å². The minimum absolute atomic E-state index is 0.245.